The third-order valence-corrected chi connectivity index (χ3v) is 16.0. The van der Waals surface area contributed by atoms with Gasteiger partial charge in [0, 0.05) is 6.42 Å². The van der Waals surface area contributed by atoms with E-state index in [4.69, 9.17) is 9.47 Å². The van der Waals surface area contributed by atoms with E-state index in [0.29, 0.717) is 31.1 Å². The molecule has 0 saturated heterocycles. The van der Waals surface area contributed by atoms with Crippen molar-refractivity contribution in [3.8, 4) is 0 Å². The van der Waals surface area contributed by atoms with Gasteiger partial charge in [0.15, 0.2) is 6.61 Å². The van der Waals surface area contributed by atoms with Crippen LogP contribution in [0.2, 0.25) is 0 Å². The van der Waals surface area contributed by atoms with Crippen molar-refractivity contribution in [2.75, 3.05) is 6.61 Å². The standard InChI is InChI=1S/C37H56N2O7/c1-20(5-8-32(41)45-19-33(42)46-37(4)24-12-21-11-22(14-24)15-25(37)13-21)27-6-7-28-34-29(18-31(39-44)36(27,28)3)35(2)10-9-26(38-43)16-23(35)17-30(34)40/h20-31,34,40H,5-19H2,1-4H3. The molecule has 0 heterocycles. The van der Waals surface area contributed by atoms with E-state index in [2.05, 4.69) is 38.0 Å². The minimum Gasteiger partial charge on any atom is -0.456 e. The first-order chi connectivity index (χ1) is 21.9. The third-order valence-electron chi connectivity index (χ3n) is 16.0. The molecule has 11 unspecified atom stereocenters. The lowest BCUT2D eigenvalue weighted by Crippen LogP contribution is -2.62. The van der Waals surface area contributed by atoms with E-state index in [1.807, 2.05) is 0 Å². The number of esters is 2. The van der Waals surface area contributed by atoms with E-state index in [9.17, 15) is 24.5 Å². The Morgan fingerprint density at radius 3 is 2.17 bits per heavy atom. The van der Waals surface area contributed by atoms with Gasteiger partial charge in [-0.3, -0.25) is 4.79 Å². The second-order valence-electron chi connectivity index (χ2n) is 17.9. The highest BCUT2D eigenvalue weighted by atomic mass is 16.6. The number of hydrogen-bond donors (Lipinski definition) is 1. The molecule has 8 aliphatic carbocycles. The molecule has 1 N–H and O–H groups in total. The number of nitrogens with zero attached hydrogens (tertiary/aromatic N) is 2. The molecule has 8 rings (SSSR count). The molecule has 4 bridgehead atoms. The number of rotatable bonds is 9. The highest BCUT2D eigenvalue weighted by molar-refractivity contribution is 5.76. The number of aliphatic hydroxyl groups is 1. The Balaban J connectivity index is 0.949. The first kappa shape index (κ1) is 32.6. The lowest BCUT2D eigenvalue weighted by Gasteiger charge is -2.63. The Hall–Kier alpha value is -1.90. The van der Waals surface area contributed by atoms with Crippen molar-refractivity contribution in [1.29, 1.82) is 0 Å². The summed E-state index contributed by atoms with van der Waals surface area (Å²) in [4.78, 5) is 49.7. The number of ether oxygens (including phenoxy) is 2. The fourth-order valence-corrected chi connectivity index (χ4v) is 13.7. The van der Waals surface area contributed by atoms with Crippen molar-refractivity contribution < 1.29 is 24.2 Å². The molecule has 0 amide bonds. The molecule has 256 valence electrons. The van der Waals surface area contributed by atoms with Gasteiger partial charge < -0.3 is 14.6 Å². The third kappa shape index (κ3) is 5.10. The van der Waals surface area contributed by atoms with Gasteiger partial charge in [0.1, 0.15) is 5.60 Å². The summed E-state index contributed by atoms with van der Waals surface area (Å²) in [5.74, 6) is 2.76. The predicted molar refractivity (Wildman–Crippen MR) is 172 cm³/mol. The summed E-state index contributed by atoms with van der Waals surface area (Å²) in [5, 5.41) is 18.8. The quantitative estimate of drug-likeness (QED) is 0.208. The van der Waals surface area contributed by atoms with Gasteiger partial charge in [0.2, 0.25) is 0 Å². The highest BCUT2D eigenvalue weighted by Gasteiger charge is 2.66. The Morgan fingerprint density at radius 2 is 1.52 bits per heavy atom. The average molecular weight is 641 g/mol. The average Bonchev–Trinajstić information content (AvgIpc) is 3.38. The van der Waals surface area contributed by atoms with Crippen LogP contribution in [-0.2, 0) is 19.1 Å². The molecule has 0 radical (unpaired) electrons. The van der Waals surface area contributed by atoms with E-state index in [1.54, 1.807) is 0 Å². The van der Waals surface area contributed by atoms with Gasteiger partial charge in [-0.25, -0.2) is 4.79 Å². The van der Waals surface area contributed by atoms with E-state index >= 15 is 0 Å². The Morgan fingerprint density at radius 1 is 0.826 bits per heavy atom. The van der Waals surface area contributed by atoms with Gasteiger partial charge >= 0.3 is 11.9 Å². The molecule has 0 spiro atoms. The van der Waals surface area contributed by atoms with Crippen LogP contribution < -0.4 is 0 Å². The van der Waals surface area contributed by atoms with Crippen LogP contribution in [0.5, 0.6) is 0 Å². The predicted octanol–water partition coefficient (Wildman–Crippen LogP) is 7.21. The largest absolute Gasteiger partial charge is 0.456 e. The zero-order valence-corrected chi connectivity index (χ0v) is 28.4. The van der Waals surface area contributed by atoms with Crippen molar-refractivity contribution >= 4 is 11.9 Å². The summed E-state index contributed by atoms with van der Waals surface area (Å²) in [6.45, 7) is 8.49. The van der Waals surface area contributed by atoms with Crippen LogP contribution in [0.3, 0.4) is 0 Å². The molecule has 0 aromatic rings. The van der Waals surface area contributed by atoms with Crippen molar-refractivity contribution in [2.45, 2.75) is 141 Å². The van der Waals surface area contributed by atoms with E-state index in [1.165, 1.54) is 6.42 Å². The number of hydrogen-bond acceptors (Lipinski definition) is 9. The molecular weight excluding hydrogens is 584 g/mol. The molecule has 0 aromatic carbocycles. The molecule has 8 aliphatic rings. The monoisotopic (exact) mass is 640 g/mol. The van der Waals surface area contributed by atoms with Crippen LogP contribution in [0.1, 0.15) is 118 Å². The molecule has 46 heavy (non-hydrogen) atoms. The minimum absolute atomic E-state index is 0.0164. The SMILES string of the molecule is CC(CCC(=O)OCC(=O)OC1(C)C2CC3CC(C2)CC1C3)C1CCC2C3C(O)CC4CC(N=O)CCC4(C)C3CC(N=O)C12C. The number of carbonyl (C=O) groups is 2. The van der Waals surface area contributed by atoms with E-state index in [-0.39, 0.29) is 77.4 Å². The van der Waals surface area contributed by atoms with Crippen molar-refractivity contribution in [3.63, 3.8) is 0 Å². The first-order valence-electron chi connectivity index (χ1n) is 18.6. The normalized spacial score (nSPS) is 50.9. The number of carbonyl (C=O) groups excluding carboxylic acids is 2. The molecule has 0 aliphatic heterocycles. The number of aliphatic hydroxyl groups excluding tert-OH is 1. The summed E-state index contributed by atoms with van der Waals surface area (Å²) in [6.07, 6.45) is 12.0. The molecule has 11 atom stereocenters. The number of nitroso groups, excluding NO2 is 2. The summed E-state index contributed by atoms with van der Waals surface area (Å²) in [7, 11) is 0. The Labute approximate surface area is 274 Å². The summed E-state index contributed by atoms with van der Waals surface area (Å²) in [6, 6.07) is -0.512. The Bertz CT molecular complexity index is 1200. The van der Waals surface area contributed by atoms with Gasteiger partial charge in [-0.15, -0.1) is 0 Å². The minimum atomic E-state index is -0.449. The molecule has 8 fully saturated rings. The van der Waals surface area contributed by atoms with Gasteiger partial charge in [0.25, 0.3) is 0 Å². The number of fused-ring (bicyclic) bond motifs is 5. The van der Waals surface area contributed by atoms with Gasteiger partial charge in [-0.1, -0.05) is 31.1 Å². The van der Waals surface area contributed by atoms with Crippen LogP contribution in [0.4, 0.5) is 0 Å². The molecule has 9 nitrogen and oxygen atoms in total. The van der Waals surface area contributed by atoms with Gasteiger partial charge in [0.05, 0.1) is 18.2 Å². The summed E-state index contributed by atoms with van der Waals surface area (Å²) >= 11 is 0. The van der Waals surface area contributed by atoms with Crippen LogP contribution >= 0.6 is 0 Å². The van der Waals surface area contributed by atoms with Gasteiger partial charge in [-0.2, -0.15) is 9.81 Å². The highest BCUT2D eigenvalue weighted by Crippen LogP contribution is 2.69. The van der Waals surface area contributed by atoms with E-state index in [0.717, 1.165) is 69.6 Å². The summed E-state index contributed by atoms with van der Waals surface area (Å²) in [5.41, 5.74) is -0.786. The second-order valence-corrected chi connectivity index (χ2v) is 17.9. The van der Waals surface area contributed by atoms with Crippen molar-refractivity contribution in [3.05, 3.63) is 9.81 Å². The topological polar surface area (TPSA) is 132 Å². The lowest BCUT2D eigenvalue weighted by atomic mass is 9.42. The van der Waals surface area contributed by atoms with Crippen molar-refractivity contribution in [2.24, 2.45) is 80.4 Å². The van der Waals surface area contributed by atoms with Gasteiger partial charge in [-0.05, 0) is 160 Å². The second kappa shape index (κ2) is 11.9. The van der Waals surface area contributed by atoms with Crippen LogP contribution in [0.15, 0.2) is 10.4 Å². The summed E-state index contributed by atoms with van der Waals surface area (Å²) < 4.78 is 11.5. The zero-order valence-electron chi connectivity index (χ0n) is 28.4. The first-order valence-corrected chi connectivity index (χ1v) is 18.6. The van der Waals surface area contributed by atoms with Crippen molar-refractivity contribution in [1.82, 2.24) is 0 Å². The lowest BCUT2D eigenvalue weighted by molar-refractivity contribution is -0.207. The van der Waals surface area contributed by atoms with Crippen LogP contribution in [0.25, 0.3) is 0 Å². The zero-order chi connectivity index (χ0) is 32.6. The van der Waals surface area contributed by atoms with Crippen LogP contribution in [0, 0.1) is 79.8 Å². The smallest absolute Gasteiger partial charge is 0.344 e. The molecule has 8 saturated carbocycles. The fraction of sp³-hybridized carbons (Fsp3) is 0.946. The molecular formula is C37H56N2O7. The molecule has 9 heteroatoms. The van der Waals surface area contributed by atoms with Crippen LogP contribution in [-0.4, -0.2) is 47.4 Å². The molecule has 0 aromatic heterocycles. The fourth-order valence-electron chi connectivity index (χ4n) is 13.7. The Kier molecular flexibility index (Phi) is 8.45. The maximum absolute atomic E-state index is 12.9. The maximum Gasteiger partial charge on any atom is 0.344 e. The van der Waals surface area contributed by atoms with E-state index < -0.39 is 17.7 Å². The maximum atomic E-state index is 12.9.